The highest BCUT2D eigenvalue weighted by Crippen LogP contribution is 2.11. The predicted octanol–water partition coefficient (Wildman–Crippen LogP) is -1.51. The van der Waals surface area contributed by atoms with E-state index in [1.165, 1.54) is 19.1 Å². The minimum Gasteiger partial charge on any atom is -0.508 e. The molecule has 0 heterocycles. The van der Waals surface area contributed by atoms with Gasteiger partial charge in [-0.15, -0.1) is 0 Å². The molecule has 16 heteroatoms. The third-order valence-corrected chi connectivity index (χ3v) is 7.77. The highest BCUT2D eigenvalue weighted by Gasteiger charge is 2.31. The maximum Gasteiger partial charge on any atom is 0.243 e. The van der Waals surface area contributed by atoms with Gasteiger partial charge in [0.25, 0.3) is 0 Å². The van der Waals surface area contributed by atoms with Gasteiger partial charge < -0.3 is 48.5 Å². The Morgan fingerprint density at radius 1 is 0.608 bits per heavy atom. The van der Waals surface area contributed by atoms with Gasteiger partial charge in [-0.3, -0.25) is 33.6 Å². The SMILES string of the molecule is CC(C)[C@H](NC(=O)CNC(=O)[C@H](Cc1ccccc1)NC(=O)[C@H](C)NC(=O)[C@@H](N)Cc1ccc(O)cc1)C(=O)N[C@H](C(=O)NCC(N)=O)C(C)C. The molecule has 11 N–H and O–H groups in total. The lowest BCUT2D eigenvalue weighted by molar-refractivity contribution is -0.134. The van der Waals surface area contributed by atoms with E-state index in [0.29, 0.717) is 11.1 Å². The van der Waals surface area contributed by atoms with Gasteiger partial charge in [0, 0.05) is 6.42 Å². The molecule has 0 unspecified atom stereocenters. The zero-order valence-corrected chi connectivity index (χ0v) is 29.5. The molecule has 0 saturated carbocycles. The van der Waals surface area contributed by atoms with Crippen molar-refractivity contribution in [1.29, 1.82) is 0 Å². The number of amides is 7. The molecule has 0 spiro atoms. The first-order valence-electron chi connectivity index (χ1n) is 16.6. The van der Waals surface area contributed by atoms with Crippen LogP contribution in [0.3, 0.4) is 0 Å². The van der Waals surface area contributed by atoms with Crippen LogP contribution in [0.2, 0.25) is 0 Å². The number of primary amides is 1. The Labute approximate surface area is 297 Å². The fourth-order valence-electron chi connectivity index (χ4n) is 4.83. The smallest absolute Gasteiger partial charge is 0.243 e. The van der Waals surface area contributed by atoms with Crippen LogP contribution in [0, 0.1) is 11.8 Å². The van der Waals surface area contributed by atoms with E-state index in [1.54, 1.807) is 70.2 Å². The zero-order valence-electron chi connectivity index (χ0n) is 29.5. The molecule has 7 amide bonds. The number of hydrogen-bond acceptors (Lipinski definition) is 9. The number of aromatic hydroxyl groups is 1. The minimum atomic E-state index is -1.15. The summed E-state index contributed by atoms with van der Waals surface area (Å²) >= 11 is 0. The number of phenolic OH excluding ortho intramolecular Hbond substituents is 1. The van der Waals surface area contributed by atoms with Crippen molar-refractivity contribution < 1.29 is 38.7 Å². The number of carbonyl (C=O) groups excluding carboxylic acids is 7. The van der Waals surface area contributed by atoms with Gasteiger partial charge in [0.1, 0.15) is 29.9 Å². The molecular weight excluding hydrogens is 660 g/mol. The molecule has 0 aliphatic rings. The third-order valence-electron chi connectivity index (χ3n) is 7.77. The molecule has 2 aromatic rings. The van der Waals surface area contributed by atoms with Gasteiger partial charge in [0.2, 0.25) is 41.4 Å². The van der Waals surface area contributed by atoms with Crippen LogP contribution < -0.4 is 43.4 Å². The van der Waals surface area contributed by atoms with Gasteiger partial charge >= 0.3 is 0 Å². The summed E-state index contributed by atoms with van der Waals surface area (Å²) in [6, 6.07) is 9.74. The second-order valence-electron chi connectivity index (χ2n) is 12.9. The van der Waals surface area contributed by atoms with Crippen LogP contribution in [0.5, 0.6) is 5.75 Å². The molecule has 5 atom stereocenters. The lowest BCUT2D eigenvalue weighted by Crippen LogP contribution is -2.58. The molecule has 0 saturated heterocycles. The van der Waals surface area contributed by atoms with E-state index in [-0.39, 0.29) is 24.5 Å². The van der Waals surface area contributed by atoms with Crippen molar-refractivity contribution in [2.45, 2.75) is 77.7 Å². The predicted molar refractivity (Wildman–Crippen MR) is 188 cm³/mol. The zero-order chi connectivity index (χ0) is 38.2. The number of nitrogens with two attached hydrogens (primary N) is 2. The van der Waals surface area contributed by atoms with Crippen molar-refractivity contribution in [3.05, 3.63) is 65.7 Å². The fraction of sp³-hybridized carbons (Fsp3) is 0.457. The second kappa shape index (κ2) is 20.2. The molecule has 0 aromatic heterocycles. The van der Waals surface area contributed by atoms with Gasteiger partial charge in [0.05, 0.1) is 19.1 Å². The molecule has 278 valence electrons. The number of hydrogen-bond donors (Lipinski definition) is 9. The summed E-state index contributed by atoms with van der Waals surface area (Å²) in [5.74, 6) is -5.38. The monoisotopic (exact) mass is 710 g/mol. The van der Waals surface area contributed by atoms with Crippen LogP contribution in [0.4, 0.5) is 0 Å². The lowest BCUT2D eigenvalue weighted by Gasteiger charge is -2.27. The topological polar surface area (TPSA) is 264 Å². The molecule has 0 bridgehead atoms. The van der Waals surface area contributed by atoms with Crippen LogP contribution in [-0.2, 0) is 46.4 Å². The van der Waals surface area contributed by atoms with Crippen molar-refractivity contribution in [3.8, 4) is 5.75 Å². The number of phenols is 1. The maximum absolute atomic E-state index is 13.3. The van der Waals surface area contributed by atoms with Gasteiger partial charge in [0.15, 0.2) is 0 Å². The standard InChI is InChI=1S/C35H50N8O8/c1-19(2)29(34(50)38-17-27(37)45)43-35(51)30(20(3)4)42-28(46)18-39-33(49)26(16-22-9-7-6-8-10-22)41-31(47)21(5)40-32(48)25(36)15-23-11-13-24(44)14-12-23/h6-14,19-21,25-26,29-30,44H,15-18,36H2,1-5H3,(H2,37,45)(H,38,50)(H,39,49)(H,40,48)(H,41,47)(H,42,46)(H,43,51)/t21-,25-,26-,29-,30-/m0/s1. The van der Waals surface area contributed by atoms with Gasteiger partial charge in [-0.2, -0.15) is 0 Å². The molecule has 0 fully saturated rings. The second-order valence-corrected chi connectivity index (χ2v) is 12.9. The first-order chi connectivity index (χ1) is 24.0. The first kappa shape index (κ1) is 41.7. The summed E-state index contributed by atoms with van der Waals surface area (Å²) in [7, 11) is 0. The molecule has 2 aromatic carbocycles. The molecule has 0 radical (unpaired) electrons. The van der Waals surface area contributed by atoms with E-state index in [1.807, 2.05) is 0 Å². The molecule has 51 heavy (non-hydrogen) atoms. The van der Waals surface area contributed by atoms with Crippen LogP contribution >= 0.6 is 0 Å². The van der Waals surface area contributed by atoms with E-state index in [2.05, 4.69) is 31.9 Å². The molecule has 2 rings (SSSR count). The summed E-state index contributed by atoms with van der Waals surface area (Å²) in [5, 5.41) is 24.7. The normalized spacial score (nSPS) is 13.9. The van der Waals surface area contributed by atoms with E-state index in [4.69, 9.17) is 11.5 Å². The van der Waals surface area contributed by atoms with Gasteiger partial charge in [-0.1, -0.05) is 70.2 Å². The Morgan fingerprint density at radius 3 is 1.73 bits per heavy atom. The molecule has 16 nitrogen and oxygen atoms in total. The number of carbonyl (C=O) groups is 7. The minimum absolute atomic E-state index is 0.0620. The van der Waals surface area contributed by atoms with Crippen molar-refractivity contribution in [2.24, 2.45) is 23.3 Å². The average molecular weight is 711 g/mol. The number of rotatable bonds is 19. The first-order valence-corrected chi connectivity index (χ1v) is 16.6. The van der Waals surface area contributed by atoms with Crippen LogP contribution in [-0.4, -0.2) is 89.8 Å². The molecular formula is C35H50N8O8. The summed E-state index contributed by atoms with van der Waals surface area (Å²) in [6.45, 7) is 7.26. The van der Waals surface area contributed by atoms with E-state index in [9.17, 15) is 38.7 Å². The van der Waals surface area contributed by atoms with Gasteiger partial charge in [-0.05, 0) is 48.4 Å². The molecule has 0 aliphatic carbocycles. The fourth-order valence-corrected chi connectivity index (χ4v) is 4.83. The van der Waals surface area contributed by atoms with E-state index in [0.717, 1.165) is 0 Å². The van der Waals surface area contributed by atoms with Crippen molar-refractivity contribution >= 4 is 41.4 Å². The summed E-state index contributed by atoms with van der Waals surface area (Å²) in [4.78, 5) is 88.9. The Hall–Kier alpha value is -5.51. The number of benzene rings is 2. The highest BCUT2D eigenvalue weighted by molar-refractivity contribution is 5.96. The summed E-state index contributed by atoms with van der Waals surface area (Å²) in [5.41, 5.74) is 12.5. The summed E-state index contributed by atoms with van der Waals surface area (Å²) in [6.07, 6.45) is 0.220. The van der Waals surface area contributed by atoms with Crippen molar-refractivity contribution in [2.75, 3.05) is 13.1 Å². The van der Waals surface area contributed by atoms with Crippen LogP contribution in [0.1, 0.15) is 45.7 Å². The largest absolute Gasteiger partial charge is 0.508 e. The van der Waals surface area contributed by atoms with E-state index >= 15 is 0 Å². The Kier molecular flexibility index (Phi) is 16.5. The average Bonchev–Trinajstić information content (AvgIpc) is 3.07. The Morgan fingerprint density at radius 2 is 1.16 bits per heavy atom. The quantitative estimate of drug-likeness (QED) is 0.0820. The van der Waals surface area contributed by atoms with Crippen molar-refractivity contribution in [1.82, 2.24) is 31.9 Å². The Balaban J connectivity index is 2.05. The van der Waals surface area contributed by atoms with Gasteiger partial charge in [-0.25, -0.2) is 0 Å². The summed E-state index contributed by atoms with van der Waals surface area (Å²) < 4.78 is 0. The number of nitrogens with one attached hydrogen (secondary N) is 6. The van der Waals surface area contributed by atoms with E-state index < -0.39 is 90.6 Å². The lowest BCUT2D eigenvalue weighted by atomic mass is 9.99. The van der Waals surface area contributed by atoms with Crippen molar-refractivity contribution in [3.63, 3.8) is 0 Å². The highest BCUT2D eigenvalue weighted by atomic mass is 16.3. The third kappa shape index (κ3) is 14.5. The Bertz CT molecular complexity index is 1520. The molecule has 0 aliphatic heterocycles. The van der Waals surface area contributed by atoms with Crippen LogP contribution in [0.25, 0.3) is 0 Å². The maximum atomic E-state index is 13.3. The van der Waals surface area contributed by atoms with Crippen LogP contribution in [0.15, 0.2) is 54.6 Å².